The minimum absolute atomic E-state index is 0.0554. The van der Waals surface area contributed by atoms with Gasteiger partial charge in [0.05, 0.1) is 18.4 Å². The standard InChI is InChI=1S/C15H21NO6/c1-9(8-17)4-14(2)11(18)3-10(22-14)5-15(21)6-12(19)16-13(20)7-15/h3,9,17,21H,4-8H2,1-2H3,(H,16,19,20)/t9-,14+/m0/s1. The number of carbonyl (C=O) groups is 3. The van der Waals surface area contributed by atoms with Gasteiger partial charge in [0.1, 0.15) is 5.76 Å². The van der Waals surface area contributed by atoms with Crippen LogP contribution in [0.2, 0.25) is 0 Å². The fraction of sp³-hybridized carbons (Fsp3) is 0.667. The van der Waals surface area contributed by atoms with Gasteiger partial charge >= 0.3 is 0 Å². The summed E-state index contributed by atoms with van der Waals surface area (Å²) in [6, 6.07) is 0. The van der Waals surface area contributed by atoms with E-state index in [0.29, 0.717) is 6.42 Å². The van der Waals surface area contributed by atoms with Gasteiger partial charge in [-0.3, -0.25) is 19.7 Å². The van der Waals surface area contributed by atoms with Gasteiger partial charge in [-0.15, -0.1) is 0 Å². The zero-order valence-corrected chi connectivity index (χ0v) is 12.7. The SMILES string of the molecule is C[C@H](CO)C[C@@]1(C)OC(CC2(O)CC(=O)NC(=O)C2)=CC1=O. The van der Waals surface area contributed by atoms with Gasteiger partial charge in [0, 0.05) is 19.1 Å². The number of carbonyl (C=O) groups excluding carboxylic acids is 3. The number of imide groups is 1. The van der Waals surface area contributed by atoms with Crippen molar-refractivity contribution in [3.63, 3.8) is 0 Å². The molecule has 0 saturated carbocycles. The molecule has 2 atom stereocenters. The molecule has 7 nitrogen and oxygen atoms in total. The summed E-state index contributed by atoms with van der Waals surface area (Å²) >= 11 is 0. The van der Waals surface area contributed by atoms with Crippen molar-refractivity contribution in [3.8, 4) is 0 Å². The number of ether oxygens (including phenoxy) is 1. The summed E-state index contributed by atoms with van der Waals surface area (Å²) in [6.45, 7) is 3.38. The van der Waals surface area contributed by atoms with E-state index in [2.05, 4.69) is 5.32 Å². The monoisotopic (exact) mass is 311 g/mol. The lowest BCUT2D eigenvalue weighted by atomic mass is 9.87. The maximum atomic E-state index is 12.1. The highest BCUT2D eigenvalue weighted by molar-refractivity contribution is 6.00. The van der Waals surface area contributed by atoms with E-state index in [4.69, 9.17) is 9.84 Å². The molecule has 0 radical (unpaired) electrons. The molecule has 1 fully saturated rings. The molecule has 1 saturated heterocycles. The summed E-state index contributed by atoms with van der Waals surface area (Å²) in [7, 11) is 0. The van der Waals surface area contributed by atoms with Crippen LogP contribution in [0.4, 0.5) is 0 Å². The molecule has 2 aliphatic heterocycles. The van der Waals surface area contributed by atoms with Crippen LogP contribution in [0, 0.1) is 5.92 Å². The first-order valence-corrected chi connectivity index (χ1v) is 7.26. The van der Waals surface area contributed by atoms with Crippen molar-refractivity contribution < 1.29 is 29.3 Å². The van der Waals surface area contributed by atoms with Crippen LogP contribution in [0.1, 0.15) is 39.5 Å². The topological polar surface area (TPSA) is 113 Å². The van der Waals surface area contributed by atoms with Crippen LogP contribution in [0.15, 0.2) is 11.8 Å². The summed E-state index contributed by atoms with van der Waals surface area (Å²) in [6.07, 6.45) is 1.16. The summed E-state index contributed by atoms with van der Waals surface area (Å²) in [4.78, 5) is 34.9. The molecule has 3 N–H and O–H groups in total. The molecule has 7 heteroatoms. The normalized spacial score (nSPS) is 28.9. The van der Waals surface area contributed by atoms with Gasteiger partial charge in [-0.2, -0.15) is 0 Å². The predicted octanol–water partition coefficient (Wildman–Crippen LogP) is -0.195. The van der Waals surface area contributed by atoms with Crippen LogP contribution in [-0.4, -0.2) is 45.6 Å². The number of hydrogen-bond acceptors (Lipinski definition) is 6. The molecule has 2 aliphatic rings. The first-order valence-electron chi connectivity index (χ1n) is 7.26. The molecule has 0 aromatic carbocycles. The highest BCUT2D eigenvalue weighted by Gasteiger charge is 2.45. The predicted molar refractivity (Wildman–Crippen MR) is 75.4 cm³/mol. The third-order valence-corrected chi connectivity index (χ3v) is 3.98. The lowest BCUT2D eigenvalue weighted by Gasteiger charge is -2.32. The van der Waals surface area contributed by atoms with E-state index in [0.717, 1.165) is 0 Å². The van der Waals surface area contributed by atoms with Crippen LogP contribution in [0.25, 0.3) is 0 Å². The van der Waals surface area contributed by atoms with E-state index in [1.807, 2.05) is 0 Å². The minimum atomic E-state index is -1.53. The highest BCUT2D eigenvalue weighted by atomic mass is 16.5. The average molecular weight is 311 g/mol. The van der Waals surface area contributed by atoms with E-state index in [1.54, 1.807) is 13.8 Å². The molecular weight excluding hydrogens is 290 g/mol. The van der Waals surface area contributed by atoms with Gasteiger partial charge in [0.25, 0.3) is 0 Å². The van der Waals surface area contributed by atoms with Crippen molar-refractivity contribution in [1.29, 1.82) is 0 Å². The van der Waals surface area contributed by atoms with Crippen LogP contribution < -0.4 is 5.32 Å². The molecule has 122 valence electrons. The van der Waals surface area contributed by atoms with Crippen LogP contribution in [-0.2, 0) is 19.1 Å². The van der Waals surface area contributed by atoms with Crippen molar-refractivity contribution in [2.45, 2.75) is 50.7 Å². The Kier molecular flexibility index (Phi) is 4.39. The van der Waals surface area contributed by atoms with Gasteiger partial charge in [-0.25, -0.2) is 0 Å². The first-order chi connectivity index (χ1) is 10.2. The molecule has 2 heterocycles. The Morgan fingerprint density at radius 1 is 1.32 bits per heavy atom. The Balaban J connectivity index is 2.06. The van der Waals surface area contributed by atoms with E-state index in [9.17, 15) is 19.5 Å². The van der Waals surface area contributed by atoms with Gasteiger partial charge < -0.3 is 14.9 Å². The van der Waals surface area contributed by atoms with Gasteiger partial charge in [0.15, 0.2) is 5.60 Å². The van der Waals surface area contributed by atoms with Gasteiger partial charge in [-0.05, 0) is 19.3 Å². The lowest BCUT2D eigenvalue weighted by Crippen LogP contribution is -2.49. The zero-order valence-electron chi connectivity index (χ0n) is 12.7. The van der Waals surface area contributed by atoms with E-state index in [1.165, 1.54) is 6.08 Å². The van der Waals surface area contributed by atoms with E-state index in [-0.39, 0.29) is 43.3 Å². The molecule has 0 aromatic rings. The van der Waals surface area contributed by atoms with Crippen molar-refractivity contribution >= 4 is 17.6 Å². The maximum absolute atomic E-state index is 12.1. The minimum Gasteiger partial charge on any atom is -0.484 e. The van der Waals surface area contributed by atoms with Crippen molar-refractivity contribution in [3.05, 3.63) is 11.8 Å². The maximum Gasteiger partial charge on any atom is 0.229 e. The fourth-order valence-electron chi connectivity index (χ4n) is 2.98. The van der Waals surface area contributed by atoms with E-state index >= 15 is 0 Å². The Morgan fingerprint density at radius 2 is 1.91 bits per heavy atom. The molecule has 0 aromatic heterocycles. The second kappa shape index (κ2) is 5.81. The largest absolute Gasteiger partial charge is 0.484 e. The Labute approximate surface area is 128 Å². The molecule has 2 rings (SSSR count). The van der Waals surface area contributed by atoms with Crippen molar-refractivity contribution in [1.82, 2.24) is 5.32 Å². The Bertz CT molecular complexity index is 524. The second-order valence-corrected chi connectivity index (χ2v) is 6.53. The van der Waals surface area contributed by atoms with Crippen LogP contribution in [0.5, 0.6) is 0 Å². The number of aliphatic hydroxyl groups excluding tert-OH is 1. The number of amides is 2. The van der Waals surface area contributed by atoms with Crippen molar-refractivity contribution in [2.24, 2.45) is 5.92 Å². The number of aliphatic hydroxyl groups is 2. The third-order valence-electron chi connectivity index (χ3n) is 3.98. The number of rotatable bonds is 5. The molecule has 0 spiro atoms. The Morgan fingerprint density at radius 3 is 2.45 bits per heavy atom. The summed E-state index contributed by atoms with van der Waals surface area (Å²) in [5.74, 6) is -1.16. The molecule has 0 bridgehead atoms. The zero-order chi connectivity index (χ0) is 16.5. The highest BCUT2D eigenvalue weighted by Crippen LogP contribution is 2.36. The first kappa shape index (κ1) is 16.6. The average Bonchev–Trinajstić information content (AvgIpc) is 2.61. The quantitative estimate of drug-likeness (QED) is 0.606. The van der Waals surface area contributed by atoms with Crippen LogP contribution in [0.3, 0.4) is 0 Å². The van der Waals surface area contributed by atoms with Crippen LogP contribution >= 0.6 is 0 Å². The molecular formula is C15H21NO6. The summed E-state index contributed by atoms with van der Waals surface area (Å²) in [5, 5.41) is 21.6. The third kappa shape index (κ3) is 3.53. The second-order valence-electron chi connectivity index (χ2n) is 6.53. The smallest absolute Gasteiger partial charge is 0.229 e. The molecule has 0 unspecified atom stereocenters. The lowest BCUT2D eigenvalue weighted by molar-refractivity contribution is -0.144. The summed E-state index contributed by atoms with van der Waals surface area (Å²) < 4.78 is 5.67. The number of nitrogens with one attached hydrogen (secondary N) is 1. The molecule has 0 aliphatic carbocycles. The number of hydrogen-bond donors (Lipinski definition) is 3. The Hall–Kier alpha value is -1.73. The number of ketones is 1. The van der Waals surface area contributed by atoms with Gasteiger partial charge in [0.2, 0.25) is 17.6 Å². The number of piperidine rings is 1. The summed E-state index contributed by atoms with van der Waals surface area (Å²) in [5.41, 5.74) is -2.60. The van der Waals surface area contributed by atoms with Crippen molar-refractivity contribution in [2.75, 3.05) is 6.61 Å². The molecule has 2 amide bonds. The van der Waals surface area contributed by atoms with Gasteiger partial charge in [-0.1, -0.05) is 6.92 Å². The van der Waals surface area contributed by atoms with E-state index < -0.39 is 23.0 Å². The fourth-order valence-corrected chi connectivity index (χ4v) is 2.98. The molecule has 22 heavy (non-hydrogen) atoms.